The Hall–Kier alpha value is -3.68. The van der Waals surface area contributed by atoms with Crippen LogP contribution in [0.15, 0.2) is 42.5 Å². The van der Waals surface area contributed by atoms with Crippen molar-refractivity contribution >= 4 is 23.9 Å². The van der Waals surface area contributed by atoms with Crippen molar-refractivity contribution < 1.29 is 38.9 Å². The number of hydrogen-bond acceptors (Lipinski definition) is 6. The normalized spacial score (nSPS) is 10.6. The number of carbonyl (C=O) groups is 4. The summed E-state index contributed by atoms with van der Waals surface area (Å²) in [4.78, 5) is 46.4. The smallest absolute Gasteiger partial charge is 0.339 e. The van der Waals surface area contributed by atoms with Gasteiger partial charge < -0.3 is 19.7 Å². The second kappa shape index (κ2) is 30.0. The van der Waals surface area contributed by atoms with Crippen molar-refractivity contribution in [1.82, 2.24) is 0 Å². The summed E-state index contributed by atoms with van der Waals surface area (Å²) in [6.07, 6.45) is 27.6. The first-order valence-electron chi connectivity index (χ1n) is 19.7. The van der Waals surface area contributed by atoms with Gasteiger partial charge in [0.15, 0.2) is 0 Å². The molecule has 0 saturated heterocycles. The quantitative estimate of drug-likeness (QED) is 0.0660. The fourth-order valence-electron chi connectivity index (χ4n) is 5.88. The number of hydrogen-bond donors (Lipinski definition) is 2. The molecule has 2 N–H and O–H groups in total. The average Bonchev–Trinajstić information content (AvgIpc) is 3.12. The Morgan fingerprint density at radius 1 is 0.451 bits per heavy atom. The van der Waals surface area contributed by atoms with E-state index < -0.39 is 23.9 Å². The van der Waals surface area contributed by atoms with Crippen LogP contribution in [0.1, 0.15) is 202 Å². The van der Waals surface area contributed by atoms with Crippen LogP contribution in [0.3, 0.4) is 0 Å². The molecule has 2 rings (SSSR count). The number of carboxylic acids is 2. The van der Waals surface area contributed by atoms with Gasteiger partial charge in [-0.2, -0.15) is 0 Å². The lowest BCUT2D eigenvalue weighted by Crippen LogP contribution is -2.15. The van der Waals surface area contributed by atoms with Crippen LogP contribution in [0, 0.1) is 6.92 Å². The van der Waals surface area contributed by atoms with E-state index in [-0.39, 0.29) is 11.1 Å². The molecule has 0 aromatic heterocycles. The van der Waals surface area contributed by atoms with Crippen LogP contribution in [-0.4, -0.2) is 47.3 Å². The molecule has 0 saturated carbocycles. The van der Waals surface area contributed by atoms with E-state index in [4.69, 9.17) is 19.7 Å². The summed E-state index contributed by atoms with van der Waals surface area (Å²) in [5.74, 6) is -3.31. The third-order valence-electron chi connectivity index (χ3n) is 8.96. The molecule has 8 heteroatoms. The van der Waals surface area contributed by atoms with Crippen molar-refractivity contribution in [3.63, 3.8) is 0 Å². The summed E-state index contributed by atoms with van der Waals surface area (Å²) in [5, 5.41) is 17.3. The molecule has 0 aliphatic heterocycles. The fourth-order valence-corrected chi connectivity index (χ4v) is 5.88. The lowest BCUT2D eigenvalue weighted by Gasteiger charge is -2.10. The summed E-state index contributed by atoms with van der Waals surface area (Å²) in [6.45, 7) is 7.02. The van der Waals surface area contributed by atoms with E-state index >= 15 is 0 Å². The minimum atomic E-state index is -1.22. The third-order valence-corrected chi connectivity index (χ3v) is 8.96. The van der Waals surface area contributed by atoms with Crippen LogP contribution in [-0.2, 0) is 9.47 Å². The maximum Gasteiger partial charge on any atom is 0.339 e. The van der Waals surface area contributed by atoms with E-state index in [1.54, 1.807) is 37.3 Å². The molecule has 0 atom stereocenters. The largest absolute Gasteiger partial charge is 0.478 e. The number of unbranched alkanes of at least 4 members (excludes halogenated alkanes) is 20. The summed E-state index contributed by atoms with van der Waals surface area (Å²) < 4.78 is 10.9. The molecular formula is C43H66O8. The van der Waals surface area contributed by atoms with Crippen LogP contribution in [0.2, 0.25) is 0 Å². The number of carboxylic acid groups (broad SMARTS) is 2. The number of benzene rings is 2. The maximum absolute atomic E-state index is 12.6. The van der Waals surface area contributed by atoms with Crippen LogP contribution < -0.4 is 0 Å². The number of aryl methyl sites for hydroxylation is 1. The van der Waals surface area contributed by atoms with Gasteiger partial charge in [0.05, 0.1) is 35.5 Å². The first kappa shape index (κ1) is 45.3. The Labute approximate surface area is 307 Å². The predicted octanol–water partition coefficient (Wildman–Crippen LogP) is 12.0. The van der Waals surface area contributed by atoms with Gasteiger partial charge >= 0.3 is 23.9 Å². The molecule has 0 fully saturated rings. The van der Waals surface area contributed by atoms with Gasteiger partial charge in [-0.1, -0.05) is 166 Å². The number of carbonyl (C=O) groups excluding carboxylic acids is 2. The topological polar surface area (TPSA) is 127 Å². The molecule has 51 heavy (non-hydrogen) atoms. The number of ether oxygens (including phenoxy) is 2. The minimum absolute atomic E-state index is 0.174. The number of esters is 2. The molecule has 0 spiro atoms. The van der Waals surface area contributed by atoms with Crippen molar-refractivity contribution in [2.45, 2.75) is 162 Å². The highest BCUT2D eigenvalue weighted by Gasteiger charge is 2.19. The first-order valence-corrected chi connectivity index (χ1v) is 19.7. The first-order chi connectivity index (χ1) is 24.7. The Morgan fingerprint density at radius 2 is 0.784 bits per heavy atom. The highest BCUT2D eigenvalue weighted by Crippen LogP contribution is 2.16. The van der Waals surface area contributed by atoms with Gasteiger partial charge in [-0.15, -0.1) is 0 Å². The zero-order valence-corrected chi connectivity index (χ0v) is 31.9. The Kier molecular flexibility index (Phi) is 26.7. The van der Waals surface area contributed by atoms with Crippen LogP contribution >= 0.6 is 0 Å². The van der Waals surface area contributed by atoms with Crippen molar-refractivity contribution in [1.29, 1.82) is 0 Å². The highest BCUT2D eigenvalue weighted by atomic mass is 16.5. The van der Waals surface area contributed by atoms with Crippen molar-refractivity contribution in [3.8, 4) is 0 Å². The SMILES string of the molecule is CCCCCCCCCCCCCOC(=O)c1ccccc1C(=O)OCCCCCCCCCCCCC.Cc1ccc(C(=O)O)c(C(=O)O)c1. The molecule has 0 unspecified atom stereocenters. The van der Waals surface area contributed by atoms with E-state index in [0.29, 0.717) is 24.3 Å². The molecule has 8 nitrogen and oxygen atoms in total. The molecule has 0 aliphatic rings. The monoisotopic (exact) mass is 710 g/mol. The van der Waals surface area contributed by atoms with Gasteiger partial charge in [0, 0.05) is 0 Å². The average molecular weight is 711 g/mol. The Balaban J connectivity index is 0.000000833. The summed E-state index contributed by atoms with van der Waals surface area (Å²) >= 11 is 0. The van der Waals surface area contributed by atoms with E-state index in [1.807, 2.05) is 0 Å². The van der Waals surface area contributed by atoms with Gasteiger partial charge in [0.1, 0.15) is 0 Å². The van der Waals surface area contributed by atoms with Crippen LogP contribution in [0.5, 0.6) is 0 Å². The van der Waals surface area contributed by atoms with E-state index in [0.717, 1.165) is 31.2 Å². The molecule has 286 valence electrons. The Morgan fingerprint density at radius 3 is 1.12 bits per heavy atom. The summed E-state index contributed by atoms with van der Waals surface area (Å²) in [7, 11) is 0. The van der Waals surface area contributed by atoms with Gasteiger partial charge in [-0.3, -0.25) is 0 Å². The summed E-state index contributed by atoms with van der Waals surface area (Å²) in [6, 6.07) is 11.0. The third kappa shape index (κ3) is 22.0. The predicted molar refractivity (Wildman–Crippen MR) is 205 cm³/mol. The van der Waals surface area contributed by atoms with Crippen molar-refractivity contribution in [3.05, 3.63) is 70.3 Å². The second-order valence-corrected chi connectivity index (χ2v) is 13.5. The summed E-state index contributed by atoms with van der Waals surface area (Å²) in [5.41, 5.74) is 0.979. The standard InChI is InChI=1S/C34H58O4.C9H8O4/c1-3-5-7-9-11-13-15-17-19-21-25-29-37-33(35)31-27-23-24-28-32(31)34(36)38-30-26-22-20-18-16-14-12-10-8-6-4-2;1-5-2-3-6(8(10)11)7(4-5)9(12)13/h23-24,27-28H,3-22,25-26,29-30H2,1-2H3;2-4H,1H3,(H,10,11)(H,12,13). The molecule has 0 bridgehead atoms. The molecule has 0 heterocycles. The molecule has 0 aliphatic carbocycles. The van der Waals surface area contributed by atoms with Gasteiger partial charge in [0.25, 0.3) is 0 Å². The van der Waals surface area contributed by atoms with Gasteiger partial charge in [-0.05, 0) is 44.0 Å². The van der Waals surface area contributed by atoms with E-state index in [1.165, 1.54) is 128 Å². The molecule has 2 aromatic rings. The second-order valence-electron chi connectivity index (χ2n) is 13.5. The lowest BCUT2D eigenvalue weighted by molar-refractivity contribution is 0.0450. The van der Waals surface area contributed by atoms with Crippen LogP contribution in [0.25, 0.3) is 0 Å². The fraction of sp³-hybridized carbons (Fsp3) is 0.628. The zero-order chi connectivity index (χ0) is 37.5. The molecular weight excluding hydrogens is 644 g/mol. The molecule has 2 aromatic carbocycles. The highest BCUT2D eigenvalue weighted by molar-refractivity contribution is 6.03. The van der Waals surface area contributed by atoms with Crippen LogP contribution in [0.4, 0.5) is 0 Å². The van der Waals surface area contributed by atoms with Gasteiger partial charge in [0.2, 0.25) is 0 Å². The minimum Gasteiger partial charge on any atom is -0.478 e. The maximum atomic E-state index is 12.6. The zero-order valence-electron chi connectivity index (χ0n) is 31.9. The van der Waals surface area contributed by atoms with E-state index in [9.17, 15) is 19.2 Å². The molecule has 0 radical (unpaired) electrons. The number of aromatic carboxylic acids is 2. The van der Waals surface area contributed by atoms with E-state index in [2.05, 4.69) is 13.8 Å². The lowest BCUT2D eigenvalue weighted by atomic mass is 10.0. The van der Waals surface area contributed by atoms with Crippen molar-refractivity contribution in [2.24, 2.45) is 0 Å². The Bertz CT molecular complexity index is 1200. The molecule has 0 amide bonds. The number of rotatable bonds is 28. The van der Waals surface area contributed by atoms with Crippen molar-refractivity contribution in [2.75, 3.05) is 13.2 Å². The van der Waals surface area contributed by atoms with Gasteiger partial charge in [-0.25, -0.2) is 19.2 Å².